The number of carboxylic acids is 1. The van der Waals surface area contributed by atoms with Crippen LogP contribution in [0.15, 0.2) is 0 Å². The van der Waals surface area contributed by atoms with E-state index in [4.69, 9.17) is 17.2 Å². The fraction of sp³-hybridized carbons (Fsp3) is 0.773. The van der Waals surface area contributed by atoms with Gasteiger partial charge in [-0.2, -0.15) is 0 Å². The second kappa shape index (κ2) is 16.0. The lowest BCUT2D eigenvalue weighted by Gasteiger charge is -2.28. The van der Waals surface area contributed by atoms with Crippen LogP contribution >= 0.6 is 0 Å². The van der Waals surface area contributed by atoms with Gasteiger partial charge in [-0.1, -0.05) is 34.1 Å². The Morgan fingerprint density at radius 1 is 0.853 bits per heavy atom. The number of carbonyl (C=O) groups excluding carboxylic acids is 4. The smallest absolute Gasteiger partial charge is 0.326 e. The number of primary amides is 1. The average Bonchev–Trinajstić information content (AvgIpc) is 2.77. The van der Waals surface area contributed by atoms with Crippen molar-refractivity contribution in [3.8, 4) is 0 Å². The lowest BCUT2D eigenvalue weighted by Crippen LogP contribution is -2.59. The van der Waals surface area contributed by atoms with E-state index in [1.165, 1.54) is 0 Å². The second-order valence-corrected chi connectivity index (χ2v) is 8.89. The van der Waals surface area contributed by atoms with Crippen molar-refractivity contribution in [1.29, 1.82) is 0 Å². The summed E-state index contributed by atoms with van der Waals surface area (Å²) in [5, 5.41) is 17.0. The van der Waals surface area contributed by atoms with Crippen LogP contribution in [0.1, 0.15) is 66.2 Å². The van der Waals surface area contributed by atoms with Gasteiger partial charge in [-0.25, -0.2) is 4.79 Å². The maximum absolute atomic E-state index is 13.1. The second-order valence-electron chi connectivity index (χ2n) is 8.89. The maximum atomic E-state index is 13.1. The molecule has 12 heteroatoms. The monoisotopic (exact) mass is 486 g/mol. The van der Waals surface area contributed by atoms with E-state index < -0.39 is 53.8 Å². The number of nitrogens with one attached hydrogen (secondary N) is 3. The van der Waals surface area contributed by atoms with Crippen LogP contribution in [-0.2, 0) is 24.0 Å². The van der Waals surface area contributed by atoms with Crippen LogP contribution in [-0.4, -0.2) is 65.4 Å². The summed E-state index contributed by atoms with van der Waals surface area (Å²) >= 11 is 0. The van der Waals surface area contributed by atoms with Crippen LogP contribution in [0.4, 0.5) is 0 Å². The molecule has 0 aromatic carbocycles. The van der Waals surface area contributed by atoms with Gasteiger partial charge >= 0.3 is 5.97 Å². The van der Waals surface area contributed by atoms with E-state index in [2.05, 4.69) is 16.0 Å². The Balaban J connectivity index is 5.58. The molecule has 0 aromatic heterocycles. The van der Waals surface area contributed by atoms with Crippen molar-refractivity contribution >= 4 is 29.6 Å². The summed E-state index contributed by atoms with van der Waals surface area (Å²) in [5.74, 6) is -4.24. The maximum Gasteiger partial charge on any atom is 0.326 e. The van der Waals surface area contributed by atoms with Crippen LogP contribution in [0.25, 0.3) is 0 Å². The highest BCUT2D eigenvalue weighted by Crippen LogP contribution is 2.11. The molecule has 0 radical (unpaired) electrons. The molecule has 12 nitrogen and oxygen atoms in total. The Kier molecular flexibility index (Phi) is 14.7. The van der Waals surface area contributed by atoms with E-state index in [1.54, 1.807) is 20.8 Å². The molecule has 0 fully saturated rings. The SMILES string of the molecule is CCC(C)C(NC(=O)C(N)C(C)C)C(=O)NC(CCC(N)=O)C(=O)NC(CCCCN)C(=O)O. The number of carboxylic acid groups (broad SMARTS) is 1. The highest BCUT2D eigenvalue weighted by atomic mass is 16.4. The minimum absolute atomic E-state index is 0.130. The van der Waals surface area contributed by atoms with Gasteiger partial charge in [-0.3, -0.25) is 19.2 Å². The molecule has 10 N–H and O–H groups in total. The van der Waals surface area contributed by atoms with Gasteiger partial charge in [0, 0.05) is 6.42 Å². The summed E-state index contributed by atoms with van der Waals surface area (Å²) in [7, 11) is 0. The minimum Gasteiger partial charge on any atom is -0.480 e. The van der Waals surface area contributed by atoms with Gasteiger partial charge < -0.3 is 38.3 Å². The number of unbranched alkanes of at least 4 members (excludes halogenated alkanes) is 1. The first-order valence-corrected chi connectivity index (χ1v) is 11.7. The van der Waals surface area contributed by atoms with Crippen LogP contribution < -0.4 is 33.2 Å². The van der Waals surface area contributed by atoms with Gasteiger partial charge in [-0.05, 0) is 44.1 Å². The summed E-state index contributed by atoms with van der Waals surface area (Å²) in [6.45, 7) is 7.55. The van der Waals surface area contributed by atoms with Crippen LogP contribution in [0.2, 0.25) is 0 Å². The van der Waals surface area contributed by atoms with Crippen molar-refractivity contribution in [2.75, 3.05) is 6.54 Å². The van der Waals surface area contributed by atoms with E-state index >= 15 is 0 Å². The predicted octanol–water partition coefficient (Wildman–Crippen LogP) is -1.05. The molecule has 0 heterocycles. The molecule has 0 bridgehead atoms. The zero-order valence-electron chi connectivity index (χ0n) is 20.6. The van der Waals surface area contributed by atoms with Gasteiger partial charge in [-0.15, -0.1) is 0 Å². The molecule has 0 rings (SSSR count). The highest BCUT2D eigenvalue weighted by molar-refractivity contribution is 5.94. The molecule has 0 aliphatic rings. The first-order valence-electron chi connectivity index (χ1n) is 11.7. The van der Waals surface area contributed by atoms with Crippen LogP contribution in [0.5, 0.6) is 0 Å². The van der Waals surface area contributed by atoms with Crippen molar-refractivity contribution in [3.05, 3.63) is 0 Å². The van der Waals surface area contributed by atoms with Gasteiger partial charge in [0.1, 0.15) is 18.1 Å². The molecule has 4 amide bonds. The molecular weight excluding hydrogens is 444 g/mol. The molecule has 34 heavy (non-hydrogen) atoms. The van der Waals surface area contributed by atoms with E-state index in [9.17, 15) is 29.1 Å². The standard InChI is InChI=1S/C22H42N6O6/c1-5-13(4)18(28-20(31)17(25)12(2)3)21(32)26-14(9-10-16(24)29)19(30)27-15(22(33)34)8-6-7-11-23/h12-15,17-18H,5-11,23,25H2,1-4H3,(H2,24,29)(H,26,32)(H,27,30)(H,28,31)(H,33,34). The predicted molar refractivity (Wildman–Crippen MR) is 127 cm³/mol. The topological polar surface area (TPSA) is 220 Å². The highest BCUT2D eigenvalue weighted by Gasteiger charge is 2.32. The fourth-order valence-corrected chi connectivity index (χ4v) is 3.09. The molecule has 0 saturated carbocycles. The summed E-state index contributed by atoms with van der Waals surface area (Å²) < 4.78 is 0. The number of hydrogen-bond donors (Lipinski definition) is 7. The Hall–Kier alpha value is -2.73. The molecule has 0 aromatic rings. The summed E-state index contributed by atoms with van der Waals surface area (Å²) in [4.78, 5) is 61.2. The Morgan fingerprint density at radius 2 is 1.44 bits per heavy atom. The number of hydrogen-bond acceptors (Lipinski definition) is 7. The molecule has 5 unspecified atom stereocenters. The van der Waals surface area contributed by atoms with Gasteiger partial charge in [0.25, 0.3) is 0 Å². The third-order valence-electron chi connectivity index (χ3n) is 5.69. The van der Waals surface area contributed by atoms with Crippen molar-refractivity contribution in [1.82, 2.24) is 16.0 Å². The molecule has 0 spiro atoms. The summed E-state index contributed by atoms with van der Waals surface area (Å²) in [6.07, 6.45) is 1.46. The normalized spacial score (nSPS) is 15.5. The number of rotatable bonds is 17. The largest absolute Gasteiger partial charge is 0.480 e. The molecule has 196 valence electrons. The molecule has 0 aliphatic heterocycles. The number of amides is 4. The van der Waals surface area contributed by atoms with Gasteiger partial charge in [0.15, 0.2) is 0 Å². The Labute approximate surface area is 201 Å². The zero-order chi connectivity index (χ0) is 26.4. The Morgan fingerprint density at radius 3 is 1.91 bits per heavy atom. The number of nitrogens with two attached hydrogens (primary N) is 3. The average molecular weight is 487 g/mol. The number of aliphatic carboxylic acids is 1. The third kappa shape index (κ3) is 11.4. The lowest BCUT2D eigenvalue weighted by molar-refractivity contribution is -0.142. The minimum atomic E-state index is -1.22. The first-order chi connectivity index (χ1) is 15.8. The molecule has 0 aliphatic carbocycles. The first kappa shape index (κ1) is 31.3. The van der Waals surface area contributed by atoms with Crippen LogP contribution in [0, 0.1) is 11.8 Å². The zero-order valence-corrected chi connectivity index (χ0v) is 20.6. The van der Waals surface area contributed by atoms with Crippen molar-refractivity contribution in [2.24, 2.45) is 29.0 Å². The van der Waals surface area contributed by atoms with Crippen molar-refractivity contribution in [2.45, 2.75) is 90.4 Å². The van der Waals surface area contributed by atoms with Gasteiger partial charge in [0.2, 0.25) is 23.6 Å². The van der Waals surface area contributed by atoms with E-state index in [1.807, 2.05) is 6.92 Å². The number of carbonyl (C=O) groups is 5. The molecule has 0 saturated heterocycles. The van der Waals surface area contributed by atoms with Crippen LogP contribution in [0.3, 0.4) is 0 Å². The fourth-order valence-electron chi connectivity index (χ4n) is 3.09. The van der Waals surface area contributed by atoms with Crippen molar-refractivity contribution < 1.29 is 29.1 Å². The summed E-state index contributed by atoms with van der Waals surface area (Å²) in [5.41, 5.74) is 16.5. The lowest BCUT2D eigenvalue weighted by atomic mass is 9.96. The van der Waals surface area contributed by atoms with E-state index in [0.717, 1.165) is 0 Å². The van der Waals surface area contributed by atoms with Crippen molar-refractivity contribution in [3.63, 3.8) is 0 Å². The van der Waals surface area contributed by atoms with Gasteiger partial charge in [0.05, 0.1) is 6.04 Å². The van der Waals surface area contributed by atoms with E-state index in [-0.39, 0.29) is 31.1 Å². The quantitative estimate of drug-likeness (QED) is 0.125. The summed E-state index contributed by atoms with van der Waals surface area (Å²) in [6, 6.07) is -4.20. The van der Waals surface area contributed by atoms with E-state index in [0.29, 0.717) is 25.8 Å². The Bertz CT molecular complexity index is 701. The molecule has 5 atom stereocenters. The third-order valence-corrected chi connectivity index (χ3v) is 5.69. The molecular formula is C22H42N6O6.